The molecule has 0 amide bonds. The summed E-state index contributed by atoms with van der Waals surface area (Å²) in [7, 11) is 0. The first kappa shape index (κ1) is 25.8. The van der Waals surface area contributed by atoms with Gasteiger partial charge in [-0.05, 0) is 83.9 Å². The SMILES string of the molecule is c1ccc(N(c2ccc(-c3ccc4sc5ccccc5c4c3)cc2)c2ccc3c4ccccc4n(-c4ccccc4)c3c2)cc1. The molecular formula is C42H28N2S. The Morgan fingerprint density at radius 2 is 0.978 bits per heavy atom. The Bertz CT molecular complexity index is 2470. The first-order chi connectivity index (χ1) is 22.3. The van der Waals surface area contributed by atoms with E-state index in [9.17, 15) is 0 Å². The van der Waals surface area contributed by atoms with Crippen LogP contribution in [0.3, 0.4) is 0 Å². The quantitative estimate of drug-likeness (QED) is 0.193. The topological polar surface area (TPSA) is 8.17 Å². The van der Waals surface area contributed by atoms with Gasteiger partial charge in [-0.15, -0.1) is 11.3 Å². The van der Waals surface area contributed by atoms with E-state index in [0.717, 1.165) is 22.7 Å². The molecule has 0 saturated carbocycles. The van der Waals surface area contributed by atoms with Crippen LogP contribution in [0, 0.1) is 0 Å². The van der Waals surface area contributed by atoms with Gasteiger partial charge in [-0.1, -0.05) is 97.1 Å². The summed E-state index contributed by atoms with van der Waals surface area (Å²) in [6.07, 6.45) is 0. The molecular weight excluding hydrogens is 565 g/mol. The minimum absolute atomic E-state index is 1.12. The molecule has 2 aromatic heterocycles. The van der Waals surface area contributed by atoms with Gasteiger partial charge in [-0.25, -0.2) is 0 Å². The number of hydrogen-bond donors (Lipinski definition) is 0. The van der Waals surface area contributed by atoms with Crippen LogP contribution in [0.5, 0.6) is 0 Å². The molecule has 45 heavy (non-hydrogen) atoms. The molecule has 9 aromatic rings. The summed E-state index contributed by atoms with van der Waals surface area (Å²) in [6.45, 7) is 0. The van der Waals surface area contributed by atoms with Crippen LogP contribution in [0.15, 0.2) is 170 Å². The summed E-state index contributed by atoms with van der Waals surface area (Å²) in [6, 6.07) is 61.4. The summed E-state index contributed by atoms with van der Waals surface area (Å²) < 4.78 is 5.04. The van der Waals surface area contributed by atoms with Crippen LogP contribution in [-0.4, -0.2) is 4.57 Å². The Balaban J connectivity index is 1.18. The highest BCUT2D eigenvalue weighted by molar-refractivity contribution is 7.25. The maximum atomic E-state index is 2.38. The molecule has 0 aliphatic rings. The Morgan fingerprint density at radius 1 is 0.378 bits per heavy atom. The molecule has 212 valence electrons. The fourth-order valence-corrected chi connectivity index (χ4v) is 7.77. The zero-order valence-corrected chi connectivity index (χ0v) is 25.3. The van der Waals surface area contributed by atoms with Crippen molar-refractivity contribution in [1.82, 2.24) is 4.57 Å². The third kappa shape index (κ3) is 4.32. The fourth-order valence-electron chi connectivity index (χ4n) is 6.69. The van der Waals surface area contributed by atoms with Crippen LogP contribution in [0.4, 0.5) is 17.1 Å². The van der Waals surface area contributed by atoms with Crippen molar-refractivity contribution < 1.29 is 0 Å². The normalized spacial score (nSPS) is 11.6. The first-order valence-corrected chi connectivity index (χ1v) is 16.1. The summed E-state index contributed by atoms with van der Waals surface area (Å²) in [5.41, 5.74) is 9.36. The number of anilines is 3. The van der Waals surface area contributed by atoms with Crippen molar-refractivity contribution in [2.45, 2.75) is 0 Å². The lowest BCUT2D eigenvalue weighted by molar-refractivity contribution is 1.18. The molecule has 0 radical (unpaired) electrons. The highest BCUT2D eigenvalue weighted by atomic mass is 32.1. The van der Waals surface area contributed by atoms with Gasteiger partial charge in [-0.3, -0.25) is 0 Å². The van der Waals surface area contributed by atoms with Crippen molar-refractivity contribution in [2.75, 3.05) is 4.90 Å². The molecule has 0 N–H and O–H groups in total. The van der Waals surface area contributed by atoms with Crippen molar-refractivity contribution in [3.8, 4) is 16.8 Å². The third-order valence-electron chi connectivity index (χ3n) is 8.78. The maximum Gasteiger partial charge on any atom is 0.0561 e. The van der Waals surface area contributed by atoms with Crippen LogP contribution in [0.2, 0.25) is 0 Å². The van der Waals surface area contributed by atoms with Gasteiger partial charge in [0.25, 0.3) is 0 Å². The van der Waals surface area contributed by atoms with E-state index in [0.29, 0.717) is 0 Å². The van der Waals surface area contributed by atoms with E-state index in [1.807, 2.05) is 11.3 Å². The lowest BCUT2D eigenvalue weighted by atomic mass is 10.0. The van der Waals surface area contributed by atoms with E-state index in [2.05, 4.69) is 179 Å². The zero-order valence-electron chi connectivity index (χ0n) is 24.5. The van der Waals surface area contributed by atoms with E-state index in [1.165, 1.54) is 53.1 Å². The van der Waals surface area contributed by atoms with Gasteiger partial charge >= 0.3 is 0 Å². The Kier molecular flexibility index (Phi) is 6.03. The summed E-state index contributed by atoms with van der Waals surface area (Å²) in [4.78, 5) is 2.35. The fraction of sp³-hybridized carbons (Fsp3) is 0. The monoisotopic (exact) mass is 592 g/mol. The Labute approximate surface area is 265 Å². The number of thiophene rings is 1. The highest BCUT2D eigenvalue weighted by Gasteiger charge is 2.17. The van der Waals surface area contributed by atoms with Gasteiger partial charge in [0, 0.05) is 53.7 Å². The van der Waals surface area contributed by atoms with Gasteiger partial charge in [0.05, 0.1) is 11.0 Å². The van der Waals surface area contributed by atoms with Crippen molar-refractivity contribution >= 4 is 70.4 Å². The number of para-hydroxylation sites is 3. The second kappa shape index (κ2) is 10.5. The van der Waals surface area contributed by atoms with Gasteiger partial charge in [0.2, 0.25) is 0 Å². The number of hydrogen-bond acceptors (Lipinski definition) is 2. The molecule has 7 aromatic carbocycles. The zero-order chi connectivity index (χ0) is 29.7. The molecule has 0 atom stereocenters. The van der Waals surface area contributed by atoms with Crippen LogP contribution in [0.1, 0.15) is 0 Å². The molecule has 0 aliphatic carbocycles. The lowest BCUT2D eigenvalue weighted by Gasteiger charge is -2.26. The maximum absolute atomic E-state index is 2.38. The summed E-state index contributed by atoms with van der Waals surface area (Å²) in [5, 5.41) is 5.16. The first-order valence-electron chi connectivity index (χ1n) is 15.3. The second-order valence-corrected chi connectivity index (χ2v) is 12.5. The van der Waals surface area contributed by atoms with Gasteiger partial charge in [-0.2, -0.15) is 0 Å². The lowest BCUT2D eigenvalue weighted by Crippen LogP contribution is -2.10. The predicted molar refractivity (Wildman–Crippen MR) is 194 cm³/mol. The predicted octanol–water partition coefficient (Wildman–Crippen LogP) is 12.3. The van der Waals surface area contributed by atoms with Crippen molar-refractivity contribution in [3.63, 3.8) is 0 Å². The molecule has 2 nitrogen and oxygen atoms in total. The molecule has 3 heteroatoms. The van der Waals surface area contributed by atoms with Gasteiger partial charge in [0.15, 0.2) is 0 Å². The van der Waals surface area contributed by atoms with Gasteiger partial charge in [0.1, 0.15) is 0 Å². The average molecular weight is 593 g/mol. The minimum atomic E-state index is 1.12. The minimum Gasteiger partial charge on any atom is -0.310 e. The molecule has 0 unspecified atom stereocenters. The summed E-state index contributed by atoms with van der Waals surface area (Å²) >= 11 is 1.86. The van der Waals surface area contributed by atoms with Crippen LogP contribution in [0.25, 0.3) is 58.8 Å². The van der Waals surface area contributed by atoms with E-state index < -0.39 is 0 Å². The van der Waals surface area contributed by atoms with E-state index in [-0.39, 0.29) is 0 Å². The Morgan fingerprint density at radius 3 is 1.80 bits per heavy atom. The second-order valence-electron chi connectivity index (χ2n) is 11.4. The average Bonchev–Trinajstić information content (AvgIpc) is 3.65. The number of fused-ring (bicyclic) bond motifs is 6. The number of aromatic nitrogens is 1. The standard InChI is InChI=1S/C42H28N2S/c1-3-11-31(12-4-1)43(33-22-19-29(20-23-33)30-21-26-42-38(27-30)37-16-8-10-18-41(37)45-42)34-24-25-36-35-15-7-9-17-39(35)44(40(36)28-34)32-13-5-2-6-14-32/h1-28H. The number of nitrogens with zero attached hydrogens (tertiary/aromatic N) is 2. The molecule has 0 fully saturated rings. The molecule has 9 rings (SSSR count). The highest BCUT2D eigenvalue weighted by Crippen LogP contribution is 2.41. The van der Waals surface area contributed by atoms with E-state index in [4.69, 9.17) is 0 Å². The van der Waals surface area contributed by atoms with Gasteiger partial charge < -0.3 is 9.47 Å². The molecule has 2 heterocycles. The molecule has 0 aliphatic heterocycles. The molecule has 0 saturated heterocycles. The molecule has 0 spiro atoms. The van der Waals surface area contributed by atoms with Crippen molar-refractivity contribution in [2.24, 2.45) is 0 Å². The van der Waals surface area contributed by atoms with Crippen LogP contribution in [-0.2, 0) is 0 Å². The van der Waals surface area contributed by atoms with Crippen LogP contribution < -0.4 is 4.90 Å². The number of benzene rings is 7. The van der Waals surface area contributed by atoms with Crippen LogP contribution >= 0.6 is 11.3 Å². The molecule has 0 bridgehead atoms. The van der Waals surface area contributed by atoms with Crippen molar-refractivity contribution in [3.05, 3.63) is 170 Å². The van der Waals surface area contributed by atoms with Crippen molar-refractivity contribution in [1.29, 1.82) is 0 Å². The largest absolute Gasteiger partial charge is 0.310 e. The third-order valence-corrected chi connectivity index (χ3v) is 9.93. The smallest absolute Gasteiger partial charge is 0.0561 e. The van der Waals surface area contributed by atoms with E-state index in [1.54, 1.807) is 0 Å². The number of rotatable bonds is 5. The van der Waals surface area contributed by atoms with E-state index >= 15 is 0 Å². The Hall–Kier alpha value is -5.64. The summed E-state index contributed by atoms with van der Waals surface area (Å²) in [5.74, 6) is 0.